The summed E-state index contributed by atoms with van der Waals surface area (Å²) in [5.41, 5.74) is 6.57. The third kappa shape index (κ3) is 2.12. The van der Waals surface area contributed by atoms with Crippen LogP contribution >= 0.6 is 0 Å². The van der Waals surface area contributed by atoms with Gasteiger partial charge in [0.05, 0.1) is 5.69 Å². The Morgan fingerprint density at radius 1 is 1.57 bits per heavy atom. The fourth-order valence-corrected chi connectivity index (χ4v) is 1.45. The standard InChI is InChI=1S/C10H18FN3/c1-10(2,3)9-7(8(11)5-12)6-14(4)13-9/h6,8H,5,12H2,1-4H3. The lowest BCUT2D eigenvalue weighted by atomic mass is 9.88. The highest BCUT2D eigenvalue weighted by Gasteiger charge is 2.25. The number of alkyl halides is 1. The summed E-state index contributed by atoms with van der Waals surface area (Å²) in [5.74, 6) is 0. The number of aryl methyl sites for hydroxylation is 1. The van der Waals surface area contributed by atoms with Crippen molar-refractivity contribution >= 4 is 0 Å². The van der Waals surface area contributed by atoms with Crippen LogP contribution in [-0.2, 0) is 12.5 Å². The first kappa shape index (κ1) is 11.2. The van der Waals surface area contributed by atoms with Crippen LogP contribution < -0.4 is 5.73 Å². The van der Waals surface area contributed by atoms with Crippen LogP contribution in [0.25, 0.3) is 0 Å². The van der Waals surface area contributed by atoms with Crippen molar-refractivity contribution in [2.45, 2.75) is 32.4 Å². The Bertz CT molecular complexity index is 312. The summed E-state index contributed by atoms with van der Waals surface area (Å²) in [5, 5.41) is 4.27. The second-order valence-electron chi connectivity index (χ2n) is 4.56. The van der Waals surface area contributed by atoms with Gasteiger partial charge >= 0.3 is 0 Å². The average Bonchev–Trinajstić information content (AvgIpc) is 2.45. The summed E-state index contributed by atoms with van der Waals surface area (Å²) < 4.78 is 15.1. The molecule has 0 saturated carbocycles. The second kappa shape index (κ2) is 3.69. The van der Waals surface area contributed by atoms with Gasteiger partial charge < -0.3 is 5.73 Å². The first-order valence-corrected chi connectivity index (χ1v) is 4.74. The van der Waals surface area contributed by atoms with Gasteiger partial charge in [0, 0.05) is 30.8 Å². The van der Waals surface area contributed by atoms with Gasteiger partial charge in [0.15, 0.2) is 0 Å². The van der Waals surface area contributed by atoms with Gasteiger partial charge in [0.25, 0.3) is 0 Å². The Hall–Kier alpha value is -0.900. The topological polar surface area (TPSA) is 43.8 Å². The van der Waals surface area contributed by atoms with Crippen LogP contribution in [0.4, 0.5) is 4.39 Å². The van der Waals surface area contributed by atoms with Crippen molar-refractivity contribution in [3.63, 3.8) is 0 Å². The van der Waals surface area contributed by atoms with Gasteiger partial charge in [-0.05, 0) is 0 Å². The molecule has 3 nitrogen and oxygen atoms in total. The van der Waals surface area contributed by atoms with Crippen LogP contribution in [0, 0.1) is 0 Å². The van der Waals surface area contributed by atoms with E-state index in [2.05, 4.69) is 5.10 Å². The SMILES string of the molecule is Cn1cc(C(F)CN)c(C(C)(C)C)n1. The quantitative estimate of drug-likeness (QED) is 0.787. The predicted octanol–water partition coefficient (Wildman–Crippen LogP) is 1.69. The molecule has 0 aromatic carbocycles. The molecular formula is C10H18FN3. The fourth-order valence-electron chi connectivity index (χ4n) is 1.45. The zero-order valence-corrected chi connectivity index (χ0v) is 9.21. The molecule has 0 saturated heterocycles. The molecule has 1 heterocycles. The number of hydrogen-bond donors (Lipinski definition) is 1. The average molecular weight is 199 g/mol. The lowest BCUT2D eigenvalue weighted by molar-refractivity contribution is 0.346. The Morgan fingerprint density at radius 2 is 2.14 bits per heavy atom. The molecule has 1 aromatic rings. The molecule has 0 amide bonds. The molecule has 0 bridgehead atoms. The minimum atomic E-state index is -1.11. The minimum Gasteiger partial charge on any atom is -0.327 e. The highest BCUT2D eigenvalue weighted by Crippen LogP contribution is 2.29. The molecule has 1 unspecified atom stereocenters. The zero-order valence-electron chi connectivity index (χ0n) is 9.21. The normalized spacial score (nSPS) is 14.4. The highest BCUT2D eigenvalue weighted by molar-refractivity contribution is 5.26. The summed E-state index contributed by atoms with van der Waals surface area (Å²) in [6, 6.07) is 0. The molecule has 0 spiro atoms. The molecule has 14 heavy (non-hydrogen) atoms. The molecule has 1 aromatic heterocycles. The fraction of sp³-hybridized carbons (Fsp3) is 0.700. The molecular weight excluding hydrogens is 181 g/mol. The molecule has 0 aliphatic rings. The van der Waals surface area contributed by atoms with Gasteiger partial charge in [-0.3, -0.25) is 4.68 Å². The zero-order chi connectivity index (χ0) is 10.9. The predicted molar refractivity (Wildman–Crippen MR) is 54.8 cm³/mol. The Morgan fingerprint density at radius 3 is 2.57 bits per heavy atom. The molecule has 1 atom stereocenters. The van der Waals surface area contributed by atoms with Crippen molar-refractivity contribution in [1.29, 1.82) is 0 Å². The minimum absolute atomic E-state index is 0.00870. The molecule has 0 radical (unpaired) electrons. The maximum Gasteiger partial charge on any atom is 0.141 e. The molecule has 2 N–H and O–H groups in total. The summed E-state index contributed by atoms with van der Waals surface area (Å²) >= 11 is 0. The van der Waals surface area contributed by atoms with Crippen LogP contribution in [0.1, 0.15) is 38.2 Å². The number of hydrogen-bond acceptors (Lipinski definition) is 2. The monoisotopic (exact) mass is 199 g/mol. The van der Waals surface area contributed by atoms with E-state index >= 15 is 0 Å². The largest absolute Gasteiger partial charge is 0.327 e. The third-order valence-electron chi connectivity index (χ3n) is 2.11. The van der Waals surface area contributed by atoms with Crippen LogP contribution in [0.2, 0.25) is 0 Å². The van der Waals surface area contributed by atoms with E-state index in [0.717, 1.165) is 5.69 Å². The molecule has 0 aliphatic carbocycles. The maximum absolute atomic E-state index is 13.5. The van der Waals surface area contributed by atoms with Gasteiger partial charge in [-0.15, -0.1) is 0 Å². The van der Waals surface area contributed by atoms with E-state index in [-0.39, 0.29) is 12.0 Å². The van der Waals surface area contributed by atoms with Crippen molar-refractivity contribution < 1.29 is 4.39 Å². The third-order valence-corrected chi connectivity index (χ3v) is 2.11. The van der Waals surface area contributed by atoms with Gasteiger partial charge in [-0.1, -0.05) is 20.8 Å². The lowest BCUT2D eigenvalue weighted by Crippen LogP contribution is -2.17. The molecule has 0 fully saturated rings. The number of halogens is 1. The Balaban J connectivity index is 3.16. The van der Waals surface area contributed by atoms with Crippen LogP contribution in [0.15, 0.2) is 6.20 Å². The summed E-state index contributed by atoms with van der Waals surface area (Å²) in [4.78, 5) is 0. The van der Waals surface area contributed by atoms with Gasteiger partial charge in [0.2, 0.25) is 0 Å². The number of aromatic nitrogens is 2. The van der Waals surface area contributed by atoms with Crippen molar-refractivity contribution in [1.82, 2.24) is 9.78 Å². The van der Waals surface area contributed by atoms with Crippen LogP contribution in [-0.4, -0.2) is 16.3 Å². The van der Waals surface area contributed by atoms with Crippen molar-refractivity contribution in [3.05, 3.63) is 17.5 Å². The first-order chi connectivity index (χ1) is 6.36. The smallest absolute Gasteiger partial charge is 0.141 e. The summed E-state index contributed by atoms with van der Waals surface area (Å²) in [7, 11) is 1.79. The first-order valence-electron chi connectivity index (χ1n) is 4.74. The highest BCUT2D eigenvalue weighted by atomic mass is 19.1. The van der Waals surface area contributed by atoms with Crippen molar-refractivity contribution in [2.24, 2.45) is 12.8 Å². The van der Waals surface area contributed by atoms with E-state index in [0.29, 0.717) is 5.56 Å². The lowest BCUT2D eigenvalue weighted by Gasteiger charge is -2.18. The van der Waals surface area contributed by atoms with E-state index < -0.39 is 6.17 Å². The Kier molecular flexibility index (Phi) is 2.95. The Labute approximate surface area is 84.1 Å². The van der Waals surface area contributed by atoms with Gasteiger partial charge in [-0.2, -0.15) is 5.10 Å². The van der Waals surface area contributed by atoms with Gasteiger partial charge in [-0.25, -0.2) is 4.39 Å². The molecule has 4 heteroatoms. The molecule has 0 aliphatic heterocycles. The van der Waals surface area contributed by atoms with E-state index in [1.165, 1.54) is 0 Å². The van der Waals surface area contributed by atoms with Crippen molar-refractivity contribution in [3.8, 4) is 0 Å². The van der Waals surface area contributed by atoms with Crippen LogP contribution in [0.5, 0.6) is 0 Å². The van der Waals surface area contributed by atoms with E-state index in [1.54, 1.807) is 17.9 Å². The summed E-state index contributed by atoms with van der Waals surface area (Å²) in [6.45, 7) is 6.06. The number of nitrogens with zero attached hydrogens (tertiary/aromatic N) is 2. The van der Waals surface area contributed by atoms with Gasteiger partial charge in [0.1, 0.15) is 6.17 Å². The maximum atomic E-state index is 13.5. The van der Waals surface area contributed by atoms with E-state index in [1.807, 2.05) is 20.8 Å². The molecule has 1 rings (SSSR count). The van der Waals surface area contributed by atoms with E-state index in [9.17, 15) is 4.39 Å². The molecule has 80 valence electrons. The summed E-state index contributed by atoms with van der Waals surface area (Å²) in [6.07, 6.45) is 0.593. The van der Waals surface area contributed by atoms with Crippen molar-refractivity contribution in [2.75, 3.05) is 6.54 Å². The number of nitrogens with two attached hydrogens (primary N) is 1. The number of rotatable bonds is 2. The second-order valence-corrected chi connectivity index (χ2v) is 4.56. The van der Waals surface area contributed by atoms with E-state index in [4.69, 9.17) is 5.73 Å². The van der Waals surface area contributed by atoms with Crippen LogP contribution in [0.3, 0.4) is 0 Å².